The van der Waals surface area contributed by atoms with Crippen LogP contribution < -0.4 is 0 Å². The van der Waals surface area contributed by atoms with Gasteiger partial charge in [-0.15, -0.1) is 0 Å². The Kier molecular flexibility index (Phi) is 4.56. The lowest BCUT2D eigenvalue weighted by molar-refractivity contribution is 0.619. The fourth-order valence-corrected chi connectivity index (χ4v) is 6.93. The minimum atomic E-state index is -0.157. The highest BCUT2D eigenvalue weighted by atomic mass is 16.3. The molecule has 0 fully saturated rings. The van der Waals surface area contributed by atoms with Crippen molar-refractivity contribution in [2.24, 2.45) is 0 Å². The number of aryl methyl sites for hydroxylation is 1. The molecule has 0 bridgehead atoms. The van der Waals surface area contributed by atoms with Gasteiger partial charge in [-0.1, -0.05) is 116 Å². The molecule has 0 spiro atoms. The average Bonchev–Trinajstić information content (AvgIpc) is 3.44. The van der Waals surface area contributed by atoms with Gasteiger partial charge in [-0.3, -0.25) is 0 Å². The first-order valence-corrected chi connectivity index (χ1v) is 13.7. The fourth-order valence-electron chi connectivity index (χ4n) is 6.93. The van der Waals surface area contributed by atoms with E-state index in [1.165, 1.54) is 71.4 Å². The van der Waals surface area contributed by atoms with E-state index in [2.05, 4.69) is 136 Å². The fraction of sp³-hybridized carbons (Fsp3) is 0.105. The Balaban J connectivity index is 1.43. The van der Waals surface area contributed by atoms with Crippen LogP contribution in [0.1, 0.15) is 30.5 Å². The summed E-state index contributed by atoms with van der Waals surface area (Å²) in [6.45, 7) is 6.84. The third-order valence-corrected chi connectivity index (χ3v) is 8.69. The molecular formula is C38H28O. The zero-order valence-corrected chi connectivity index (χ0v) is 22.4. The molecule has 0 saturated heterocycles. The largest absolute Gasteiger partial charge is 0.456 e. The molecule has 1 heteroatoms. The predicted octanol–water partition coefficient (Wildman–Crippen LogP) is 10.7. The SMILES string of the molecule is Cc1ccc2oc3c(c2c1)C(C)(C)c1cc(-c2c4ccccc4c(-c4ccccc4)c4ccccc24)ccc1-3. The van der Waals surface area contributed by atoms with Crippen molar-refractivity contribution >= 4 is 32.5 Å². The molecule has 6 aromatic carbocycles. The van der Waals surface area contributed by atoms with Crippen LogP contribution in [0.5, 0.6) is 0 Å². The van der Waals surface area contributed by atoms with E-state index in [-0.39, 0.29) is 5.41 Å². The second-order valence-electron chi connectivity index (χ2n) is 11.4. The first-order valence-electron chi connectivity index (χ1n) is 13.7. The van der Waals surface area contributed by atoms with Crippen molar-refractivity contribution in [1.29, 1.82) is 0 Å². The minimum absolute atomic E-state index is 0.157. The van der Waals surface area contributed by atoms with Gasteiger partial charge in [0, 0.05) is 21.9 Å². The summed E-state index contributed by atoms with van der Waals surface area (Å²) in [5.41, 5.74) is 11.0. The predicted molar refractivity (Wildman–Crippen MR) is 164 cm³/mol. The second kappa shape index (κ2) is 7.94. The van der Waals surface area contributed by atoms with Crippen LogP contribution in [-0.4, -0.2) is 0 Å². The van der Waals surface area contributed by atoms with E-state index in [0.717, 1.165) is 11.3 Å². The first kappa shape index (κ1) is 22.4. The summed E-state index contributed by atoms with van der Waals surface area (Å²) in [5.74, 6) is 1.02. The van der Waals surface area contributed by atoms with Gasteiger partial charge >= 0.3 is 0 Å². The highest BCUT2D eigenvalue weighted by Crippen LogP contribution is 2.54. The quantitative estimate of drug-likeness (QED) is 0.215. The minimum Gasteiger partial charge on any atom is -0.456 e. The molecule has 39 heavy (non-hydrogen) atoms. The van der Waals surface area contributed by atoms with E-state index in [1.54, 1.807) is 0 Å². The molecule has 1 heterocycles. The lowest BCUT2D eigenvalue weighted by Crippen LogP contribution is -2.15. The molecular weight excluding hydrogens is 472 g/mol. The Hall–Kier alpha value is -4.62. The van der Waals surface area contributed by atoms with Crippen LogP contribution in [0.4, 0.5) is 0 Å². The van der Waals surface area contributed by atoms with Crippen LogP contribution in [0.2, 0.25) is 0 Å². The molecule has 0 saturated carbocycles. The molecule has 0 amide bonds. The summed E-state index contributed by atoms with van der Waals surface area (Å²) >= 11 is 0. The van der Waals surface area contributed by atoms with E-state index in [4.69, 9.17) is 4.42 Å². The van der Waals surface area contributed by atoms with Gasteiger partial charge in [-0.25, -0.2) is 0 Å². The van der Waals surface area contributed by atoms with Gasteiger partial charge in [0.1, 0.15) is 11.3 Å². The summed E-state index contributed by atoms with van der Waals surface area (Å²) in [5, 5.41) is 6.36. The van der Waals surface area contributed by atoms with Crippen LogP contribution in [0.15, 0.2) is 120 Å². The maximum absolute atomic E-state index is 6.48. The second-order valence-corrected chi connectivity index (χ2v) is 11.4. The number of benzene rings is 6. The van der Waals surface area contributed by atoms with Gasteiger partial charge in [0.05, 0.1) is 0 Å². The van der Waals surface area contributed by atoms with E-state index in [1.807, 2.05) is 0 Å². The average molecular weight is 501 g/mol. The van der Waals surface area contributed by atoms with Gasteiger partial charge in [-0.05, 0) is 74.5 Å². The van der Waals surface area contributed by atoms with Crippen LogP contribution in [0.25, 0.3) is 66.1 Å². The summed E-state index contributed by atoms with van der Waals surface area (Å²) in [6, 6.07) is 42.0. The molecule has 186 valence electrons. The van der Waals surface area contributed by atoms with Crippen molar-refractivity contribution in [2.45, 2.75) is 26.2 Å². The normalized spacial score (nSPS) is 13.7. The summed E-state index contributed by atoms with van der Waals surface area (Å²) < 4.78 is 6.48. The number of fused-ring (bicyclic) bond motifs is 7. The molecule has 1 aliphatic carbocycles. The number of hydrogen-bond acceptors (Lipinski definition) is 1. The molecule has 0 N–H and O–H groups in total. The topological polar surface area (TPSA) is 13.1 Å². The maximum atomic E-state index is 6.48. The Morgan fingerprint density at radius 1 is 0.538 bits per heavy atom. The van der Waals surface area contributed by atoms with Crippen molar-refractivity contribution < 1.29 is 4.42 Å². The van der Waals surface area contributed by atoms with Crippen molar-refractivity contribution in [2.75, 3.05) is 0 Å². The van der Waals surface area contributed by atoms with Crippen LogP contribution in [0.3, 0.4) is 0 Å². The summed E-state index contributed by atoms with van der Waals surface area (Å²) in [6.07, 6.45) is 0. The molecule has 0 unspecified atom stereocenters. The highest BCUT2D eigenvalue weighted by molar-refractivity contribution is 6.21. The first-order chi connectivity index (χ1) is 19.0. The van der Waals surface area contributed by atoms with Gasteiger partial charge in [0.15, 0.2) is 0 Å². The summed E-state index contributed by atoms with van der Waals surface area (Å²) in [4.78, 5) is 0. The highest BCUT2D eigenvalue weighted by Gasteiger charge is 2.40. The van der Waals surface area contributed by atoms with Crippen molar-refractivity contribution in [3.63, 3.8) is 0 Å². The molecule has 0 aliphatic heterocycles. The van der Waals surface area contributed by atoms with Crippen molar-refractivity contribution in [3.05, 3.63) is 132 Å². The molecule has 7 aromatic rings. The molecule has 8 rings (SSSR count). The third-order valence-electron chi connectivity index (χ3n) is 8.69. The Morgan fingerprint density at radius 2 is 1.13 bits per heavy atom. The number of hydrogen-bond donors (Lipinski definition) is 0. The van der Waals surface area contributed by atoms with Gasteiger partial charge in [-0.2, -0.15) is 0 Å². The third kappa shape index (κ3) is 3.08. The number of rotatable bonds is 2. The van der Waals surface area contributed by atoms with E-state index >= 15 is 0 Å². The van der Waals surface area contributed by atoms with Crippen molar-refractivity contribution in [1.82, 2.24) is 0 Å². The van der Waals surface area contributed by atoms with Crippen LogP contribution >= 0.6 is 0 Å². The van der Waals surface area contributed by atoms with E-state index in [9.17, 15) is 0 Å². The Morgan fingerprint density at radius 3 is 1.77 bits per heavy atom. The molecule has 0 radical (unpaired) electrons. The van der Waals surface area contributed by atoms with Crippen LogP contribution in [0, 0.1) is 6.92 Å². The van der Waals surface area contributed by atoms with Crippen molar-refractivity contribution in [3.8, 4) is 33.6 Å². The smallest absolute Gasteiger partial charge is 0.139 e. The maximum Gasteiger partial charge on any atom is 0.139 e. The molecule has 1 nitrogen and oxygen atoms in total. The zero-order valence-electron chi connectivity index (χ0n) is 22.4. The molecule has 1 aromatic heterocycles. The lowest BCUT2D eigenvalue weighted by atomic mass is 9.79. The van der Waals surface area contributed by atoms with Gasteiger partial charge in [0.2, 0.25) is 0 Å². The van der Waals surface area contributed by atoms with Crippen LogP contribution in [-0.2, 0) is 5.41 Å². The van der Waals surface area contributed by atoms with Gasteiger partial charge < -0.3 is 4.42 Å². The summed E-state index contributed by atoms with van der Waals surface area (Å²) in [7, 11) is 0. The Bertz CT molecular complexity index is 2030. The molecule has 0 atom stereocenters. The lowest BCUT2D eigenvalue weighted by Gasteiger charge is -2.23. The zero-order chi connectivity index (χ0) is 26.3. The Labute approximate surface area is 228 Å². The number of furan rings is 1. The van der Waals surface area contributed by atoms with E-state index in [0.29, 0.717) is 0 Å². The monoisotopic (exact) mass is 500 g/mol. The van der Waals surface area contributed by atoms with Gasteiger partial charge in [0.25, 0.3) is 0 Å². The standard InChI is InChI=1S/C38H28O/c1-23-17-20-33-31(21-23)36-37(39-33)30-19-18-25(22-32(30)38(36,2)3)35-28-15-9-7-13-26(28)34(24-11-5-4-6-12-24)27-14-8-10-16-29(27)35/h4-22H,1-3H3. The van der Waals surface area contributed by atoms with E-state index < -0.39 is 0 Å². The molecule has 1 aliphatic rings.